The number of aryl methyl sites for hydroxylation is 1. The molecular formula is C25H24N2O5S. The molecule has 7 nitrogen and oxygen atoms in total. The van der Waals surface area contributed by atoms with E-state index in [2.05, 4.69) is 9.71 Å². The molecule has 0 unspecified atom stereocenters. The minimum absolute atomic E-state index is 0.0328. The average Bonchev–Trinajstić information content (AvgIpc) is 3.24. The van der Waals surface area contributed by atoms with Crippen LogP contribution in [-0.2, 0) is 21.2 Å². The number of carbonyl (C=O) groups is 1. The molecule has 1 N–H and O–H groups in total. The predicted octanol–water partition coefficient (Wildman–Crippen LogP) is 4.42. The fourth-order valence-electron chi connectivity index (χ4n) is 3.55. The van der Waals surface area contributed by atoms with Gasteiger partial charge in [0.2, 0.25) is 15.9 Å². The highest BCUT2D eigenvalue weighted by Crippen LogP contribution is 2.25. The Kier molecular flexibility index (Phi) is 6.31. The van der Waals surface area contributed by atoms with E-state index >= 15 is 0 Å². The van der Waals surface area contributed by atoms with Crippen molar-refractivity contribution in [1.82, 2.24) is 9.71 Å². The Labute approximate surface area is 192 Å². The molecule has 1 heterocycles. The van der Waals surface area contributed by atoms with Crippen molar-refractivity contribution < 1.29 is 22.4 Å². The molecule has 0 spiro atoms. The van der Waals surface area contributed by atoms with Crippen LogP contribution >= 0.6 is 0 Å². The average molecular weight is 465 g/mol. The number of esters is 1. The van der Waals surface area contributed by atoms with E-state index in [4.69, 9.17) is 9.15 Å². The van der Waals surface area contributed by atoms with Crippen LogP contribution in [0.25, 0.3) is 22.6 Å². The number of hydrogen-bond donors (Lipinski definition) is 1. The third-order valence-corrected chi connectivity index (χ3v) is 6.98. The first-order valence-corrected chi connectivity index (χ1v) is 11.9. The molecule has 0 aliphatic rings. The van der Waals surface area contributed by atoms with E-state index in [0.717, 1.165) is 11.1 Å². The molecule has 0 aliphatic heterocycles. The molecule has 0 aliphatic carbocycles. The third-order valence-electron chi connectivity index (χ3n) is 5.53. The monoisotopic (exact) mass is 464 g/mol. The van der Waals surface area contributed by atoms with Gasteiger partial charge in [-0.3, -0.25) is 0 Å². The molecule has 3 aromatic carbocycles. The van der Waals surface area contributed by atoms with Gasteiger partial charge in [-0.15, -0.1) is 0 Å². The maximum atomic E-state index is 12.8. The molecule has 0 saturated carbocycles. The lowest BCUT2D eigenvalue weighted by molar-refractivity contribution is 0.0599. The number of methoxy groups -OCH3 is 1. The van der Waals surface area contributed by atoms with Crippen molar-refractivity contribution >= 4 is 27.1 Å². The molecule has 33 heavy (non-hydrogen) atoms. The molecule has 0 radical (unpaired) electrons. The Balaban J connectivity index is 1.48. The van der Waals surface area contributed by atoms with Crippen molar-refractivity contribution in [3.05, 3.63) is 82.9 Å². The zero-order valence-corrected chi connectivity index (χ0v) is 19.4. The van der Waals surface area contributed by atoms with Gasteiger partial charge >= 0.3 is 5.97 Å². The number of sulfonamides is 1. The normalized spacial score (nSPS) is 11.6. The van der Waals surface area contributed by atoms with Crippen LogP contribution in [0.5, 0.6) is 0 Å². The number of carbonyl (C=O) groups excluding carboxylic acids is 1. The summed E-state index contributed by atoms with van der Waals surface area (Å²) in [4.78, 5) is 16.6. The summed E-state index contributed by atoms with van der Waals surface area (Å²) in [6.45, 7) is 3.71. The smallest absolute Gasteiger partial charge is 0.338 e. The molecule has 0 fully saturated rings. The maximum Gasteiger partial charge on any atom is 0.338 e. The molecule has 0 saturated heterocycles. The van der Waals surface area contributed by atoms with Gasteiger partial charge in [-0.05, 0) is 73.4 Å². The lowest BCUT2D eigenvalue weighted by Crippen LogP contribution is -2.26. The molecular weight excluding hydrogens is 440 g/mol. The van der Waals surface area contributed by atoms with Crippen LogP contribution < -0.4 is 4.72 Å². The molecule has 170 valence electrons. The van der Waals surface area contributed by atoms with Gasteiger partial charge in [0.25, 0.3) is 0 Å². The Morgan fingerprint density at radius 1 is 1.06 bits per heavy atom. The van der Waals surface area contributed by atoms with Crippen LogP contribution in [0, 0.1) is 13.8 Å². The number of benzene rings is 3. The first-order chi connectivity index (χ1) is 15.8. The Bertz CT molecular complexity index is 1430. The summed E-state index contributed by atoms with van der Waals surface area (Å²) in [5.74, 6) is -0.0250. The van der Waals surface area contributed by atoms with Crippen LogP contribution in [0.2, 0.25) is 0 Å². The Morgan fingerprint density at radius 2 is 1.82 bits per heavy atom. The van der Waals surface area contributed by atoms with Crippen molar-refractivity contribution in [2.24, 2.45) is 0 Å². The van der Waals surface area contributed by atoms with Gasteiger partial charge in [0.15, 0.2) is 5.58 Å². The second-order valence-electron chi connectivity index (χ2n) is 7.74. The largest absolute Gasteiger partial charge is 0.465 e. The van der Waals surface area contributed by atoms with Crippen LogP contribution in [0.4, 0.5) is 0 Å². The maximum absolute atomic E-state index is 12.8. The van der Waals surface area contributed by atoms with Crippen LogP contribution in [0.1, 0.15) is 27.0 Å². The number of oxazole rings is 1. The number of nitrogens with zero attached hydrogens (tertiary/aromatic N) is 1. The molecule has 0 bridgehead atoms. The number of rotatable bonds is 7. The van der Waals surface area contributed by atoms with E-state index in [9.17, 15) is 13.2 Å². The summed E-state index contributed by atoms with van der Waals surface area (Å²) in [5.41, 5.74) is 4.83. The minimum atomic E-state index is -3.80. The summed E-state index contributed by atoms with van der Waals surface area (Å²) in [5, 5.41) is 0. The second-order valence-corrected chi connectivity index (χ2v) is 9.51. The van der Waals surface area contributed by atoms with Gasteiger partial charge in [0.1, 0.15) is 5.52 Å². The summed E-state index contributed by atoms with van der Waals surface area (Å²) < 4.78 is 38.9. The zero-order chi connectivity index (χ0) is 23.6. The van der Waals surface area contributed by atoms with Crippen LogP contribution in [-0.4, -0.2) is 33.0 Å². The second kappa shape index (κ2) is 9.17. The number of aromatic nitrogens is 1. The lowest BCUT2D eigenvalue weighted by atomic mass is 10.0. The highest BCUT2D eigenvalue weighted by atomic mass is 32.2. The third kappa shape index (κ3) is 4.81. The van der Waals surface area contributed by atoms with Gasteiger partial charge < -0.3 is 9.15 Å². The quantitative estimate of drug-likeness (QED) is 0.407. The molecule has 0 atom stereocenters. The molecule has 1 aromatic heterocycles. The fourth-order valence-corrected chi connectivity index (χ4v) is 4.69. The van der Waals surface area contributed by atoms with Crippen molar-refractivity contribution in [1.29, 1.82) is 0 Å². The Morgan fingerprint density at radius 3 is 2.55 bits per heavy atom. The summed E-state index contributed by atoms with van der Waals surface area (Å²) in [6, 6.07) is 18.2. The highest BCUT2D eigenvalue weighted by Gasteiger charge is 2.20. The molecule has 4 rings (SSSR count). The SMILES string of the molecule is COC(=O)c1cc(S(=O)(=O)NCCc2ccc3oc(-c4ccccc4)nc3c2)cc(C)c1C. The fraction of sp³-hybridized carbons (Fsp3) is 0.200. The van der Waals surface area contributed by atoms with Crippen molar-refractivity contribution in [3.63, 3.8) is 0 Å². The first kappa shape index (κ1) is 22.7. The van der Waals surface area contributed by atoms with Gasteiger partial charge in [-0.1, -0.05) is 24.3 Å². The lowest BCUT2D eigenvalue weighted by Gasteiger charge is -2.12. The number of fused-ring (bicyclic) bond motifs is 1. The van der Waals surface area contributed by atoms with Crippen molar-refractivity contribution in [2.45, 2.75) is 25.2 Å². The van der Waals surface area contributed by atoms with Gasteiger partial charge in [-0.2, -0.15) is 0 Å². The summed E-state index contributed by atoms with van der Waals surface area (Å²) in [7, 11) is -2.53. The number of hydrogen-bond acceptors (Lipinski definition) is 6. The number of nitrogens with one attached hydrogen (secondary N) is 1. The topological polar surface area (TPSA) is 98.5 Å². The van der Waals surface area contributed by atoms with Crippen molar-refractivity contribution in [2.75, 3.05) is 13.7 Å². The molecule has 0 amide bonds. The highest BCUT2D eigenvalue weighted by molar-refractivity contribution is 7.89. The van der Waals surface area contributed by atoms with E-state index in [1.165, 1.54) is 13.2 Å². The van der Waals surface area contributed by atoms with Gasteiger partial charge in [-0.25, -0.2) is 22.9 Å². The van der Waals surface area contributed by atoms with Gasteiger partial charge in [0.05, 0.1) is 17.6 Å². The Hall–Kier alpha value is -3.49. The first-order valence-electron chi connectivity index (χ1n) is 10.4. The van der Waals surface area contributed by atoms with E-state index < -0.39 is 16.0 Å². The van der Waals surface area contributed by atoms with Crippen molar-refractivity contribution in [3.8, 4) is 11.5 Å². The zero-order valence-electron chi connectivity index (χ0n) is 18.6. The van der Waals surface area contributed by atoms with Crippen LogP contribution in [0.15, 0.2) is 70.0 Å². The van der Waals surface area contributed by atoms with E-state index in [-0.39, 0.29) is 17.0 Å². The molecule has 4 aromatic rings. The van der Waals surface area contributed by atoms with Crippen LogP contribution in [0.3, 0.4) is 0 Å². The standard InChI is InChI=1S/C25H24N2O5S/c1-16-13-20(15-21(17(16)2)25(28)31-3)33(29,30)26-12-11-18-9-10-23-22(14-18)27-24(32-23)19-7-5-4-6-8-19/h4-10,13-15,26H,11-12H2,1-3H3. The number of ether oxygens (including phenoxy) is 1. The minimum Gasteiger partial charge on any atom is -0.465 e. The summed E-state index contributed by atoms with van der Waals surface area (Å²) >= 11 is 0. The predicted molar refractivity (Wildman–Crippen MR) is 126 cm³/mol. The van der Waals surface area contributed by atoms with Gasteiger partial charge in [0, 0.05) is 12.1 Å². The van der Waals surface area contributed by atoms with E-state index in [1.54, 1.807) is 19.9 Å². The van der Waals surface area contributed by atoms with E-state index in [0.29, 0.717) is 34.5 Å². The van der Waals surface area contributed by atoms with E-state index in [1.807, 2.05) is 48.5 Å². The molecule has 8 heteroatoms. The summed E-state index contributed by atoms with van der Waals surface area (Å²) in [6.07, 6.45) is 0.470.